The Bertz CT molecular complexity index is 538. The van der Waals surface area contributed by atoms with Gasteiger partial charge in [-0.25, -0.2) is 9.07 Å². The molecule has 1 heterocycles. The van der Waals surface area contributed by atoms with Gasteiger partial charge >= 0.3 is 0 Å². The molecule has 0 saturated carbocycles. The van der Waals surface area contributed by atoms with Crippen LogP contribution in [0.5, 0.6) is 5.75 Å². The van der Waals surface area contributed by atoms with Crippen LogP contribution in [0.25, 0.3) is 5.69 Å². The molecule has 0 bridgehead atoms. The average molecular weight is 236 g/mol. The lowest BCUT2D eigenvalue weighted by atomic mass is 10.2. The zero-order chi connectivity index (χ0) is 12.4. The topological polar surface area (TPSA) is 66.0 Å². The molecule has 0 aliphatic rings. The molecule has 0 unspecified atom stereocenters. The van der Waals surface area contributed by atoms with Crippen molar-refractivity contribution in [1.29, 1.82) is 0 Å². The van der Waals surface area contributed by atoms with Crippen molar-refractivity contribution in [2.75, 3.05) is 12.8 Å². The highest BCUT2D eigenvalue weighted by Crippen LogP contribution is 2.21. The molecule has 0 aliphatic carbocycles. The Hall–Kier alpha value is -2.11. The molecule has 1 aromatic carbocycles. The summed E-state index contributed by atoms with van der Waals surface area (Å²) >= 11 is 0. The third kappa shape index (κ3) is 1.93. The number of benzene rings is 1. The molecular weight excluding hydrogens is 223 g/mol. The van der Waals surface area contributed by atoms with Gasteiger partial charge in [-0.2, -0.15) is 0 Å². The number of anilines is 1. The number of aromatic nitrogens is 3. The van der Waals surface area contributed by atoms with E-state index in [2.05, 4.69) is 10.3 Å². The van der Waals surface area contributed by atoms with Gasteiger partial charge in [0.15, 0.2) is 17.4 Å². The molecule has 1 aromatic heterocycles. The van der Waals surface area contributed by atoms with E-state index in [9.17, 15) is 4.39 Å². The first-order valence-corrected chi connectivity index (χ1v) is 5.21. The van der Waals surface area contributed by atoms with E-state index in [1.807, 2.05) is 6.92 Å². The maximum atomic E-state index is 13.6. The lowest BCUT2D eigenvalue weighted by Gasteiger charge is -2.07. The van der Waals surface area contributed by atoms with Crippen LogP contribution < -0.4 is 10.5 Å². The Morgan fingerprint density at radius 2 is 2.24 bits per heavy atom. The van der Waals surface area contributed by atoms with Crippen molar-refractivity contribution < 1.29 is 9.13 Å². The number of nitrogens with zero attached hydrogens (tertiary/aromatic N) is 3. The minimum Gasteiger partial charge on any atom is -0.494 e. The first-order chi connectivity index (χ1) is 8.17. The molecular formula is C11H13FN4O. The van der Waals surface area contributed by atoms with E-state index < -0.39 is 5.82 Å². The Morgan fingerprint density at radius 3 is 2.82 bits per heavy atom. The Kier molecular flexibility index (Phi) is 2.95. The number of halogens is 1. The zero-order valence-corrected chi connectivity index (χ0v) is 9.64. The van der Waals surface area contributed by atoms with Gasteiger partial charge in [-0.15, -0.1) is 5.10 Å². The second kappa shape index (κ2) is 4.40. The Labute approximate surface area is 98.0 Å². The van der Waals surface area contributed by atoms with Crippen LogP contribution in [0.15, 0.2) is 18.2 Å². The van der Waals surface area contributed by atoms with Crippen LogP contribution >= 0.6 is 0 Å². The predicted octanol–water partition coefficient (Wildman–Crippen LogP) is 1.56. The Balaban J connectivity index is 2.49. The number of ether oxygens (including phenoxy) is 1. The van der Waals surface area contributed by atoms with Crippen molar-refractivity contribution in [2.45, 2.75) is 13.3 Å². The summed E-state index contributed by atoms with van der Waals surface area (Å²) in [6.07, 6.45) is 0.673. The highest BCUT2D eigenvalue weighted by Gasteiger charge is 2.11. The van der Waals surface area contributed by atoms with E-state index in [-0.39, 0.29) is 5.75 Å². The molecule has 0 spiro atoms. The SMILES string of the molecule is CCc1c(N)nnn1-c1ccc(OC)c(F)c1. The van der Waals surface area contributed by atoms with Crippen LogP contribution in [0.3, 0.4) is 0 Å². The fourth-order valence-corrected chi connectivity index (χ4v) is 1.64. The molecule has 6 heteroatoms. The van der Waals surface area contributed by atoms with Gasteiger partial charge in [-0.3, -0.25) is 0 Å². The third-order valence-corrected chi connectivity index (χ3v) is 2.51. The lowest BCUT2D eigenvalue weighted by Crippen LogP contribution is -2.03. The first kappa shape index (κ1) is 11.4. The molecule has 2 rings (SSSR count). The van der Waals surface area contributed by atoms with E-state index in [0.29, 0.717) is 17.9 Å². The summed E-state index contributed by atoms with van der Waals surface area (Å²) in [5, 5.41) is 7.66. The number of nitrogens with two attached hydrogens (primary N) is 1. The van der Waals surface area contributed by atoms with Crippen LogP contribution in [-0.4, -0.2) is 22.1 Å². The number of nitrogen functional groups attached to an aromatic ring is 1. The standard InChI is InChI=1S/C11H13FN4O/c1-3-9-11(13)14-15-16(9)7-4-5-10(17-2)8(12)6-7/h4-6H,3,13H2,1-2H3. The normalized spacial score (nSPS) is 10.5. The van der Waals surface area contributed by atoms with Crippen molar-refractivity contribution in [1.82, 2.24) is 15.0 Å². The van der Waals surface area contributed by atoms with Gasteiger partial charge in [0.05, 0.1) is 18.5 Å². The minimum absolute atomic E-state index is 0.194. The second-order valence-corrected chi connectivity index (χ2v) is 3.51. The van der Waals surface area contributed by atoms with Gasteiger partial charge in [-0.05, 0) is 18.6 Å². The van der Waals surface area contributed by atoms with Gasteiger partial charge < -0.3 is 10.5 Å². The van der Waals surface area contributed by atoms with Crippen molar-refractivity contribution in [3.8, 4) is 11.4 Å². The van der Waals surface area contributed by atoms with Crippen molar-refractivity contribution in [3.05, 3.63) is 29.7 Å². The minimum atomic E-state index is -0.443. The smallest absolute Gasteiger partial charge is 0.169 e. The summed E-state index contributed by atoms with van der Waals surface area (Å²) in [6, 6.07) is 4.59. The van der Waals surface area contributed by atoms with E-state index in [4.69, 9.17) is 10.5 Å². The average Bonchev–Trinajstić information content (AvgIpc) is 2.70. The predicted molar refractivity (Wildman–Crippen MR) is 61.7 cm³/mol. The van der Waals surface area contributed by atoms with Gasteiger partial charge in [0.1, 0.15) is 0 Å². The van der Waals surface area contributed by atoms with E-state index in [0.717, 1.165) is 5.69 Å². The quantitative estimate of drug-likeness (QED) is 0.878. The molecule has 0 saturated heterocycles. The summed E-state index contributed by atoms with van der Waals surface area (Å²) in [7, 11) is 1.42. The second-order valence-electron chi connectivity index (χ2n) is 3.51. The molecule has 90 valence electrons. The zero-order valence-electron chi connectivity index (χ0n) is 9.64. The number of hydrogen-bond donors (Lipinski definition) is 1. The fourth-order valence-electron chi connectivity index (χ4n) is 1.64. The van der Waals surface area contributed by atoms with E-state index in [1.165, 1.54) is 17.9 Å². The van der Waals surface area contributed by atoms with E-state index >= 15 is 0 Å². The Morgan fingerprint density at radius 1 is 1.47 bits per heavy atom. The molecule has 0 fully saturated rings. The third-order valence-electron chi connectivity index (χ3n) is 2.51. The number of rotatable bonds is 3. The van der Waals surface area contributed by atoms with Crippen LogP contribution in [0.1, 0.15) is 12.6 Å². The number of hydrogen-bond acceptors (Lipinski definition) is 4. The van der Waals surface area contributed by atoms with Gasteiger partial charge in [0, 0.05) is 6.07 Å². The summed E-state index contributed by atoms with van der Waals surface area (Å²) in [6.45, 7) is 1.94. The first-order valence-electron chi connectivity index (χ1n) is 5.21. The summed E-state index contributed by atoms with van der Waals surface area (Å²) in [5.41, 5.74) is 7.00. The highest BCUT2D eigenvalue weighted by atomic mass is 19.1. The van der Waals surface area contributed by atoms with Crippen molar-refractivity contribution in [3.63, 3.8) is 0 Å². The highest BCUT2D eigenvalue weighted by molar-refractivity contribution is 5.43. The van der Waals surface area contributed by atoms with Gasteiger partial charge in [-0.1, -0.05) is 12.1 Å². The number of methoxy groups -OCH3 is 1. The van der Waals surface area contributed by atoms with E-state index in [1.54, 1.807) is 12.1 Å². The maximum absolute atomic E-state index is 13.6. The van der Waals surface area contributed by atoms with Gasteiger partial charge in [0.2, 0.25) is 0 Å². The molecule has 2 aromatic rings. The summed E-state index contributed by atoms with van der Waals surface area (Å²) < 4.78 is 19.9. The summed E-state index contributed by atoms with van der Waals surface area (Å²) in [5.74, 6) is 0.115. The lowest BCUT2D eigenvalue weighted by molar-refractivity contribution is 0.386. The van der Waals surface area contributed by atoms with Gasteiger partial charge in [0.25, 0.3) is 0 Å². The van der Waals surface area contributed by atoms with Crippen LogP contribution in [0, 0.1) is 5.82 Å². The summed E-state index contributed by atoms with van der Waals surface area (Å²) in [4.78, 5) is 0. The fraction of sp³-hybridized carbons (Fsp3) is 0.273. The van der Waals surface area contributed by atoms with Crippen molar-refractivity contribution in [2.24, 2.45) is 0 Å². The largest absolute Gasteiger partial charge is 0.494 e. The molecule has 0 aliphatic heterocycles. The molecule has 2 N–H and O–H groups in total. The maximum Gasteiger partial charge on any atom is 0.169 e. The van der Waals surface area contributed by atoms with Crippen LogP contribution in [0.4, 0.5) is 10.2 Å². The molecule has 0 radical (unpaired) electrons. The van der Waals surface area contributed by atoms with Crippen LogP contribution in [0.2, 0.25) is 0 Å². The van der Waals surface area contributed by atoms with Crippen molar-refractivity contribution >= 4 is 5.82 Å². The monoisotopic (exact) mass is 236 g/mol. The molecule has 0 amide bonds. The molecule has 17 heavy (non-hydrogen) atoms. The van der Waals surface area contributed by atoms with Crippen LogP contribution in [-0.2, 0) is 6.42 Å². The molecule has 0 atom stereocenters. The molecule has 5 nitrogen and oxygen atoms in total.